The Bertz CT molecular complexity index is 536. The smallest absolute Gasteiger partial charge is 0.311 e. The van der Waals surface area contributed by atoms with Gasteiger partial charge in [-0.2, -0.15) is 0 Å². The lowest BCUT2D eigenvalue weighted by molar-refractivity contribution is -0.384. The van der Waals surface area contributed by atoms with Crippen LogP contribution in [0.25, 0.3) is 0 Å². The number of piperidine rings is 1. The predicted molar refractivity (Wildman–Crippen MR) is 81.6 cm³/mol. The van der Waals surface area contributed by atoms with Crippen LogP contribution in [-0.4, -0.2) is 34.6 Å². The second-order valence-corrected chi connectivity index (χ2v) is 6.10. The van der Waals surface area contributed by atoms with Gasteiger partial charge in [-0.05, 0) is 45.6 Å². The molecule has 1 aromatic rings. The van der Waals surface area contributed by atoms with E-state index >= 15 is 0 Å². The fourth-order valence-electron chi connectivity index (χ4n) is 3.75. The van der Waals surface area contributed by atoms with Gasteiger partial charge in [-0.1, -0.05) is 0 Å². The number of nitrogens with one attached hydrogen (secondary N) is 1. The summed E-state index contributed by atoms with van der Waals surface area (Å²) in [4.78, 5) is 17.6. The molecule has 2 aliphatic heterocycles. The molecule has 6 heteroatoms. The van der Waals surface area contributed by atoms with Gasteiger partial charge in [-0.3, -0.25) is 10.1 Å². The largest absolute Gasteiger partial charge is 0.348 e. The van der Waals surface area contributed by atoms with Crippen LogP contribution in [0.15, 0.2) is 12.1 Å². The van der Waals surface area contributed by atoms with E-state index in [4.69, 9.17) is 0 Å². The maximum absolute atomic E-state index is 11.3. The Balaban J connectivity index is 1.92. The summed E-state index contributed by atoms with van der Waals surface area (Å²) in [5.74, 6) is 0.536. The molecule has 0 amide bonds. The van der Waals surface area contributed by atoms with Crippen LogP contribution in [0.3, 0.4) is 0 Å². The lowest BCUT2D eigenvalue weighted by Crippen LogP contribution is -2.48. The van der Waals surface area contributed by atoms with E-state index in [0.717, 1.165) is 25.1 Å². The normalized spacial score (nSPS) is 27.6. The molecule has 1 aromatic heterocycles. The average molecular weight is 290 g/mol. The molecule has 2 saturated heterocycles. The standard InChI is InChI=1S/C15H22N4O2/c1-3-18(13-8-11-5-6-12(9-13)17-11)15-14(19(20)21)7-4-10(2)16-15/h4,7,11-13,17H,3,5-6,8-9H2,1-2H3. The van der Waals surface area contributed by atoms with E-state index in [1.807, 2.05) is 6.92 Å². The lowest BCUT2D eigenvalue weighted by Gasteiger charge is -2.37. The third-order valence-electron chi connectivity index (χ3n) is 4.69. The van der Waals surface area contributed by atoms with Crippen molar-refractivity contribution in [3.63, 3.8) is 0 Å². The second kappa shape index (κ2) is 5.60. The third kappa shape index (κ3) is 2.72. The Hall–Kier alpha value is -1.69. The number of nitrogens with zero attached hydrogens (tertiary/aromatic N) is 3. The maximum Gasteiger partial charge on any atom is 0.311 e. The van der Waals surface area contributed by atoms with Crippen LogP contribution in [0.4, 0.5) is 11.5 Å². The van der Waals surface area contributed by atoms with Gasteiger partial charge in [0.25, 0.3) is 0 Å². The zero-order valence-corrected chi connectivity index (χ0v) is 12.6. The second-order valence-electron chi connectivity index (χ2n) is 6.10. The highest BCUT2D eigenvalue weighted by atomic mass is 16.6. The van der Waals surface area contributed by atoms with E-state index in [9.17, 15) is 10.1 Å². The van der Waals surface area contributed by atoms with Crippen LogP contribution in [0.2, 0.25) is 0 Å². The van der Waals surface area contributed by atoms with E-state index in [2.05, 4.69) is 22.1 Å². The summed E-state index contributed by atoms with van der Waals surface area (Å²) in [5.41, 5.74) is 0.944. The van der Waals surface area contributed by atoms with Crippen molar-refractivity contribution in [3.05, 3.63) is 27.9 Å². The topological polar surface area (TPSA) is 71.3 Å². The summed E-state index contributed by atoms with van der Waals surface area (Å²) in [6.45, 7) is 4.69. The molecule has 114 valence electrons. The lowest BCUT2D eigenvalue weighted by atomic mass is 9.98. The molecule has 2 fully saturated rings. The monoisotopic (exact) mass is 290 g/mol. The summed E-state index contributed by atoms with van der Waals surface area (Å²) in [7, 11) is 0. The minimum atomic E-state index is -0.319. The Labute approximate surface area is 124 Å². The van der Waals surface area contributed by atoms with Crippen LogP contribution < -0.4 is 10.2 Å². The molecule has 1 N–H and O–H groups in total. The number of anilines is 1. The van der Waals surface area contributed by atoms with Gasteiger partial charge < -0.3 is 10.2 Å². The number of aryl methyl sites for hydroxylation is 1. The molecule has 0 aliphatic carbocycles. The molecule has 2 unspecified atom stereocenters. The molecule has 2 atom stereocenters. The Morgan fingerprint density at radius 2 is 2.05 bits per heavy atom. The first-order valence-corrected chi connectivity index (χ1v) is 7.73. The fourth-order valence-corrected chi connectivity index (χ4v) is 3.75. The number of aromatic nitrogens is 1. The summed E-state index contributed by atoms with van der Waals surface area (Å²) < 4.78 is 0. The minimum absolute atomic E-state index is 0.119. The van der Waals surface area contributed by atoms with Crippen LogP contribution in [0.5, 0.6) is 0 Å². The van der Waals surface area contributed by atoms with Crippen LogP contribution in [0.1, 0.15) is 38.3 Å². The quantitative estimate of drug-likeness (QED) is 0.681. The number of pyridine rings is 1. The van der Waals surface area contributed by atoms with Crippen molar-refractivity contribution >= 4 is 11.5 Å². The first-order valence-electron chi connectivity index (χ1n) is 7.73. The van der Waals surface area contributed by atoms with E-state index in [-0.39, 0.29) is 10.6 Å². The van der Waals surface area contributed by atoms with Crippen molar-refractivity contribution in [2.75, 3.05) is 11.4 Å². The van der Waals surface area contributed by atoms with Crippen LogP contribution >= 0.6 is 0 Å². The molecule has 0 radical (unpaired) electrons. The van der Waals surface area contributed by atoms with Gasteiger partial charge in [-0.15, -0.1) is 0 Å². The molecule has 0 saturated carbocycles. The number of hydrogen-bond acceptors (Lipinski definition) is 5. The predicted octanol–water partition coefficient (Wildman–Crippen LogP) is 2.41. The summed E-state index contributed by atoms with van der Waals surface area (Å²) >= 11 is 0. The number of rotatable bonds is 4. The first-order chi connectivity index (χ1) is 10.1. The van der Waals surface area contributed by atoms with E-state index in [1.54, 1.807) is 12.1 Å². The molecular weight excluding hydrogens is 268 g/mol. The van der Waals surface area contributed by atoms with Crippen molar-refractivity contribution in [3.8, 4) is 0 Å². The van der Waals surface area contributed by atoms with Gasteiger partial charge in [0.05, 0.1) is 4.92 Å². The van der Waals surface area contributed by atoms with Crippen LogP contribution in [-0.2, 0) is 0 Å². The highest BCUT2D eigenvalue weighted by Gasteiger charge is 2.37. The average Bonchev–Trinajstić information content (AvgIpc) is 2.78. The van der Waals surface area contributed by atoms with Gasteiger partial charge in [0.1, 0.15) is 0 Å². The maximum atomic E-state index is 11.3. The molecular formula is C15H22N4O2. The molecule has 3 heterocycles. The molecule has 2 bridgehead atoms. The van der Waals surface area contributed by atoms with Gasteiger partial charge in [-0.25, -0.2) is 4.98 Å². The highest BCUT2D eigenvalue weighted by molar-refractivity contribution is 5.59. The molecule has 0 aromatic carbocycles. The van der Waals surface area contributed by atoms with E-state index in [0.29, 0.717) is 23.9 Å². The third-order valence-corrected chi connectivity index (χ3v) is 4.69. The SMILES string of the molecule is CCN(c1nc(C)ccc1[N+](=O)[O-])C1CC2CCC(C1)N2. The van der Waals surface area contributed by atoms with Gasteiger partial charge in [0.15, 0.2) is 0 Å². The van der Waals surface area contributed by atoms with Gasteiger partial charge >= 0.3 is 5.69 Å². The van der Waals surface area contributed by atoms with Gasteiger partial charge in [0.2, 0.25) is 5.82 Å². The zero-order valence-electron chi connectivity index (χ0n) is 12.6. The van der Waals surface area contributed by atoms with Crippen molar-refractivity contribution in [2.24, 2.45) is 0 Å². The van der Waals surface area contributed by atoms with Gasteiger partial charge in [0, 0.05) is 36.4 Å². The molecule has 21 heavy (non-hydrogen) atoms. The summed E-state index contributed by atoms with van der Waals surface area (Å²) in [6.07, 6.45) is 4.55. The fraction of sp³-hybridized carbons (Fsp3) is 0.667. The minimum Gasteiger partial charge on any atom is -0.348 e. The Morgan fingerprint density at radius 1 is 1.38 bits per heavy atom. The number of hydrogen-bond donors (Lipinski definition) is 1. The summed E-state index contributed by atoms with van der Waals surface area (Å²) in [6, 6.07) is 4.76. The molecule has 6 nitrogen and oxygen atoms in total. The Kier molecular flexibility index (Phi) is 3.80. The van der Waals surface area contributed by atoms with Crippen LogP contribution in [0, 0.1) is 17.0 Å². The Morgan fingerprint density at radius 3 is 2.62 bits per heavy atom. The first kappa shape index (κ1) is 14.3. The van der Waals surface area contributed by atoms with Crippen molar-refractivity contribution in [1.29, 1.82) is 0 Å². The molecule has 2 aliphatic rings. The molecule has 0 spiro atoms. The van der Waals surface area contributed by atoms with Crippen molar-refractivity contribution < 1.29 is 4.92 Å². The molecule has 3 rings (SSSR count). The number of fused-ring (bicyclic) bond motifs is 2. The summed E-state index contributed by atoms with van der Waals surface area (Å²) in [5, 5.41) is 14.9. The highest BCUT2D eigenvalue weighted by Crippen LogP contribution is 2.34. The van der Waals surface area contributed by atoms with E-state index < -0.39 is 0 Å². The van der Waals surface area contributed by atoms with Crippen molar-refractivity contribution in [1.82, 2.24) is 10.3 Å². The van der Waals surface area contributed by atoms with E-state index in [1.165, 1.54) is 12.8 Å². The number of nitro groups is 1. The van der Waals surface area contributed by atoms with Crippen molar-refractivity contribution in [2.45, 2.75) is 57.7 Å². The zero-order chi connectivity index (χ0) is 15.0.